The zero-order valence-corrected chi connectivity index (χ0v) is 11.5. The lowest BCUT2D eigenvalue weighted by atomic mass is 10.1. The maximum absolute atomic E-state index is 5.59. The van der Waals surface area contributed by atoms with Crippen molar-refractivity contribution in [1.29, 1.82) is 0 Å². The number of nitrogen functional groups attached to an aromatic ring is 1. The fraction of sp³-hybridized carbons (Fsp3) is 0.0625. The quantitative estimate of drug-likeness (QED) is 0.797. The molecule has 2 N–H and O–H groups in total. The molecule has 0 aliphatic carbocycles. The molecular weight excluding hydrogens is 264 g/mol. The Morgan fingerprint density at radius 3 is 2.24 bits per heavy atom. The van der Waals surface area contributed by atoms with Gasteiger partial charge in [-0.3, -0.25) is 4.98 Å². The maximum atomic E-state index is 5.59. The van der Waals surface area contributed by atoms with Gasteiger partial charge in [-0.05, 0) is 42.5 Å². The summed E-state index contributed by atoms with van der Waals surface area (Å²) in [5.41, 5.74) is 9.18. The lowest BCUT2D eigenvalue weighted by Gasteiger charge is -2.05. The molecule has 3 aromatic rings. The highest BCUT2D eigenvalue weighted by molar-refractivity contribution is 5.65. The highest BCUT2D eigenvalue weighted by atomic mass is 16.5. The van der Waals surface area contributed by atoms with E-state index in [2.05, 4.69) is 15.0 Å². The van der Waals surface area contributed by atoms with Crippen molar-refractivity contribution in [1.82, 2.24) is 15.0 Å². The maximum Gasteiger partial charge on any atom is 0.220 e. The molecule has 0 aliphatic heterocycles. The van der Waals surface area contributed by atoms with Crippen LogP contribution in [0.5, 0.6) is 5.75 Å². The first kappa shape index (κ1) is 13.1. The van der Waals surface area contributed by atoms with E-state index in [9.17, 15) is 0 Å². The largest absolute Gasteiger partial charge is 0.497 e. The van der Waals surface area contributed by atoms with Gasteiger partial charge < -0.3 is 10.5 Å². The molecule has 0 unspecified atom stereocenters. The lowest BCUT2D eigenvalue weighted by Crippen LogP contribution is -1.95. The first-order valence-electron chi connectivity index (χ1n) is 6.45. The summed E-state index contributed by atoms with van der Waals surface area (Å²) in [6.07, 6.45) is 3.41. The fourth-order valence-corrected chi connectivity index (χ4v) is 2.01. The molecule has 0 bridgehead atoms. The van der Waals surface area contributed by atoms with Crippen LogP contribution in [0.15, 0.2) is 54.9 Å². The van der Waals surface area contributed by atoms with Crippen LogP contribution < -0.4 is 10.5 Å². The van der Waals surface area contributed by atoms with Crippen LogP contribution in [0.2, 0.25) is 0 Å². The zero-order chi connectivity index (χ0) is 14.7. The molecule has 3 rings (SSSR count). The van der Waals surface area contributed by atoms with Gasteiger partial charge in [0, 0.05) is 23.5 Å². The van der Waals surface area contributed by atoms with Crippen molar-refractivity contribution in [3.05, 3.63) is 54.9 Å². The van der Waals surface area contributed by atoms with Crippen LogP contribution >= 0.6 is 0 Å². The standard InChI is InChI=1S/C16H14N4O/c1-21-13-5-2-11(3-6-13)14-7-4-12(10-19-14)15-8-9-18-16(17)20-15/h2-10H,1H3,(H2,17,18,20). The summed E-state index contributed by atoms with van der Waals surface area (Å²) >= 11 is 0. The molecule has 2 aromatic heterocycles. The van der Waals surface area contributed by atoms with E-state index in [-0.39, 0.29) is 5.95 Å². The van der Waals surface area contributed by atoms with Crippen molar-refractivity contribution < 1.29 is 4.74 Å². The topological polar surface area (TPSA) is 73.9 Å². The second-order valence-electron chi connectivity index (χ2n) is 4.46. The number of pyridine rings is 1. The number of ether oxygens (including phenoxy) is 1. The number of anilines is 1. The molecule has 2 heterocycles. The summed E-state index contributed by atoms with van der Waals surface area (Å²) < 4.78 is 5.15. The van der Waals surface area contributed by atoms with Gasteiger partial charge in [0.25, 0.3) is 0 Å². The Balaban J connectivity index is 1.89. The van der Waals surface area contributed by atoms with E-state index < -0.39 is 0 Å². The first-order valence-corrected chi connectivity index (χ1v) is 6.45. The molecule has 21 heavy (non-hydrogen) atoms. The van der Waals surface area contributed by atoms with E-state index in [0.29, 0.717) is 0 Å². The molecule has 1 aromatic carbocycles. The number of methoxy groups -OCH3 is 1. The van der Waals surface area contributed by atoms with E-state index in [1.807, 2.05) is 36.4 Å². The van der Waals surface area contributed by atoms with Gasteiger partial charge >= 0.3 is 0 Å². The molecule has 5 heteroatoms. The van der Waals surface area contributed by atoms with Gasteiger partial charge in [0.2, 0.25) is 5.95 Å². The molecule has 0 fully saturated rings. The third kappa shape index (κ3) is 2.81. The van der Waals surface area contributed by atoms with Crippen molar-refractivity contribution in [2.24, 2.45) is 0 Å². The Morgan fingerprint density at radius 2 is 1.62 bits per heavy atom. The minimum absolute atomic E-state index is 0.256. The second kappa shape index (κ2) is 5.58. The molecule has 0 radical (unpaired) electrons. The number of rotatable bonds is 3. The van der Waals surface area contributed by atoms with Crippen molar-refractivity contribution in [2.75, 3.05) is 12.8 Å². The summed E-state index contributed by atoms with van der Waals surface area (Å²) in [5.74, 6) is 1.08. The SMILES string of the molecule is COc1ccc(-c2ccc(-c3ccnc(N)n3)cn2)cc1. The predicted octanol–water partition coefficient (Wildman–Crippen LogP) is 2.80. The van der Waals surface area contributed by atoms with Crippen LogP contribution in [0.4, 0.5) is 5.95 Å². The highest BCUT2D eigenvalue weighted by Crippen LogP contribution is 2.23. The van der Waals surface area contributed by atoms with Crippen LogP contribution in [0.25, 0.3) is 22.5 Å². The predicted molar refractivity (Wildman–Crippen MR) is 81.7 cm³/mol. The molecule has 104 valence electrons. The van der Waals surface area contributed by atoms with Crippen molar-refractivity contribution >= 4 is 5.95 Å². The van der Waals surface area contributed by atoms with Gasteiger partial charge in [-0.25, -0.2) is 9.97 Å². The van der Waals surface area contributed by atoms with Crippen molar-refractivity contribution in [3.8, 4) is 28.3 Å². The molecule has 0 amide bonds. The Kier molecular flexibility index (Phi) is 3.47. The van der Waals surface area contributed by atoms with Crippen molar-refractivity contribution in [3.63, 3.8) is 0 Å². The van der Waals surface area contributed by atoms with Crippen LogP contribution in [0, 0.1) is 0 Å². The Bertz CT molecular complexity index is 739. The minimum atomic E-state index is 0.256. The third-order valence-electron chi connectivity index (χ3n) is 3.12. The third-order valence-corrected chi connectivity index (χ3v) is 3.12. The Labute approximate surface area is 122 Å². The highest BCUT2D eigenvalue weighted by Gasteiger charge is 2.03. The number of nitrogens with two attached hydrogens (primary N) is 1. The average molecular weight is 278 g/mol. The number of benzene rings is 1. The second-order valence-corrected chi connectivity index (χ2v) is 4.46. The molecule has 0 spiro atoms. The van der Waals surface area contributed by atoms with Gasteiger partial charge in [-0.2, -0.15) is 0 Å². The van der Waals surface area contributed by atoms with Crippen LogP contribution in [-0.2, 0) is 0 Å². The van der Waals surface area contributed by atoms with Gasteiger partial charge in [0.05, 0.1) is 18.5 Å². The number of hydrogen-bond acceptors (Lipinski definition) is 5. The van der Waals surface area contributed by atoms with Gasteiger partial charge in [0.15, 0.2) is 0 Å². The molecule has 0 saturated carbocycles. The lowest BCUT2D eigenvalue weighted by molar-refractivity contribution is 0.415. The zero-order valence-electron chi connectivity index (χ0n) is 11.5. The van der Waals surface area contributed by atoms with Gasteiger partial charge in [-0.1, -0.05) is 0 Å². The van der Waals surface area contributed by atoms with E-state index in [1.54, 1.807) is 25.6 Å². The minimum Gasteiger partial charge on any atom is -0.497 e. The number of aromatic nitrogens is 3. The summed E-state index contributed by atoms with van der Waals surface area (Å²) in [7, 11) is 1.65. The Hall–Kier alpha value is -2.95. The molecule has 0 atom stereocenters. The first-order chi connectivity index (χ1) is 10.3. The monoisotopic (exact) mass is 278 g/mol. The molecule has 0 saturated heterocycles. The molecule has 0 aliphatic rings. The van der Waals surface area contributed by atoms with E-state index >= 15 is 0 Å². The smallest absolute Gasteiger partial charge is 0.220 e. The fourth-order valence-electron chi connectivity index (χ4n) is 2.01. The Morgan fingerprint density at radius 1 is 0.857 bits per heavy atom. The summed E-state index contributed by atoms with van der Waals surface area (Å²) in [4.78, 5) is 12.5. The van der Waals surface area contributed by atoms with E-state index in [1.165, 1.54) is 0 Å². The van der Waals surface area contributed by atoms with E-state index in [4.69, 9.17) is 10.5 Å². The van der Waals surface area contributed by atoms with Gasteiger partial charge in [0.1, 0.15) is 5.75 Å². The van der Waals surface area contributed by atoms with Crippen LogP contribution in [0.3, 0.4) is 0 Å². The normalized spacial score (nSPS) is 10.3. The molecule has 5 nitrogen and oxygen atoms in total. The summed E-state index contributed by atoms with van der Waals surface area (Å²) in [6.45, 7) is 0. The van der Waals surface area contributed by atoms with Crippen LogP contribution in [-0.4, -0.2) is 22.1 Å². The summed E-state index contributed by atoms with van der Waals surface area (Å²) in [5, 5.41) is 0. The van der Waals surface area contributed by atoms with Gasteiger partial charge in [-0.15, -0.1) is 0 Å². The van der Waals surface area contributed by atoms with Crippen LogP contribution in [0.1, 0.15) is 0 Å². The number of hydrogen-bond donors (Lipinski definition) is 1. The molecular formula is C16H14N4O. The number of nitrogens with zero attached hydrogens (tertiary/aromatic N) is 3. The summed E-state index contributed by atoms with van der Waals surface area (Å²) in [6, 6.07) is 13.5. The average Bonchev–Trinajstić information content (AvgIpc) is 2.55. The van der Waals surface area contributed by atoms with Crippen molar-refractivity contribution in [2.45, 2.75) is 0 Å². The van der Waals surface area contributed by atoms with E-state index in [0.717, 1.165) is 28.3 Å².